The monoisotopic (exact) mass is 281 g/mol. The van der Waals surface area contributed by atoms with E-state index >= 15 is 0 Å². The van der Waals surface area contributed by atoms with E-state index in [1.54, 1.807) is 0 Å². The molecule has 1 unspecified atom stereocenters. The minimum atomic E-state index is 0.232. The fourth-order valence-corrected chi connectivity index (χ4v) is 2.92. The van der Waals surface area contributed by atoms with Crippen molar-refractivity contribution < 1.29 is 4.74 Å². The van der Waals surface area contributed by atoms with Crippen molar-refractivity contribution in [2.45, 2.75) is 46.3 Å². The molecule has 2 nitrogen and oxygen atoms in total. The Morgan fingerprint density at radius 1 is 1.16 bits per heavy atom. The molecule has 0 spiro atoms. The lowest BCUT2D eigenvalue weighted by molar-refractivity contribution is 0.242. The highest BCUT2D eigenvalue weighted by molar-refractivity contribution is 7.99. The van der Waals surface area contributed by atoms with Crippen molar-refractivity contribution >= 4 is 11.8 Å². The number of ether oxygens (including phenoxy) is 1. The van der Waals surface area contributed by atoms with E-state index in [1.807, 2.05) is 11.8 Å². The molecule has 1 atom stereocenters. The minimum Gasteiger partial charge on any atom is -0.491 e. The fraction of sp³-hybridized carbons (Fsp3) is 0.625. The van der Waals surface area contributed by atoms with Gasteiger partial charge in [0.2, 0.25) is 0 Å². The predicted octanol–water partition coefficient (Wildman–Crippen LogP) is 4.27. The van der Waals surface area contributed by atoms with E-state index in [4.69, 9.17) is 4.74 Å². The van der Waals surface area contributed by atoms with Crippen LogP contribution >= 0.6 is 11.8 Å². The lowest BCUT2D eigenvalue weighted by Crippen LogP contribution is -2.23. The average molecular weight is 281 g/mol. The molecule has 108 valence electrons. The summed E-state index contributed by atoms with van der Waals surface area (Å²) in [6.45, 7) is 9.50. The van der Waals surface area contributed by atoms with Crippen LogP contribution in [0, 0.1) is 0 Å². The third-order valence-corrected chi connectivity index (χ3v) is 4.00. The van der Waals surface area contributed by atoms with Crippen LogP contribution in [0.5, 0.6) is 5.75 Å². The summed E-state index contributed by atoms with van der Waals surface area (Å²) in [7, 11) is 0. The van der Waals surface area contributed by atoms with Gasteiger partial charge in [-0.25, -0.2) is 0 Å². The number of thioether (sulfide) groups is 1. The van der Waals surface area contributed by atoms with Gasteiger partial charge in [0.25, 0.3) is 0 Å². The highest BCUT2D eigenvalue weighted by Crippen LogP contribution is 2.22. The molecule has 0 saturated carbocycles. The summed E-state index contributed by atoms with van der Waals surface area (Å²) in [4.78, 5) is 0. The second-order valence-electron chi connectivity index (χ2n) is 4.92. The van der Waals surface area contributed by atoms with Crippen molar-refractivity contribution in [3.8, 4) is 5.75 Å². The van der Waals surface area contributed by atoms with Gasteiger partial charge in [-0.1, -0.05) is 26.0 Å². The van der Waals surface area contributed by atoms with Gasteiger partial charge in [0, 0.05) is 11.8 Å². The SMILES string of the molecule is CCCSCC(NCC)c1ccc(OC(C)C)cc1. The Bertz CT molecular complexity index is 337. The molecule has 0 heterocycles. The molecule has 1 N–H and O–H groups in total. The third kappa shape index (κ3) is 6.35. The molecule has 0 bridgehead atoms. The van der Waals surface area contributed by atoms with Crippen molar-refractivity contribution in [2.75, 3.05) is 18.1 Å². The van der Waals surface area contributed by atoms with Crippen LogP contribution in [0.2, 0.25) is 0 Å². The molecule has 0 amide bonds. The van der Waals surface area contributed by atoms with Crippen LogP contribution in [0.3, 0.4) is 0 Å². The van der Waals surface area contributed by atoms with Crippen LogP contribution in [-0.4, -0.2) is 24.2 Å². The van der Waals surface area contributed by atoms with Gasteiger partial charge in [0.1, 0.15) is 5.75 Å². The zero-order valence-electron chi connectivity index (χ0n) is 12.6. The third-order valence-electron chi connectivity index (χ3n) is 2.74. The molecule has 1 aromatic rings. The van der Waals surface area contributed by atoms with Gasteiger partial charge in [-0.15, -0.1) is 0 Å². The molecule has 0 aliphatic heterocycles. The van der Waals surface area contributed by atoms with Crippen LogP contribution in [0.25, 0.3) is 0 Å². The Kier molecular flexibility index (Phi) is 7.99. The van der Waals surface area contributed by atoms with Gasteiger partial charge in [-0.05, 0) is 50.3 Å². The largest absolute Gasteiger partial charge is 0.491 e. The van der Waals surface area contributed by atoms with Gasteiger partial charge < -0.3 is 10.1 Å². The summed E-state index contributed by atoms with van der Waals surface area (Å²) in [5.74, 6) is 3.32. The van der Waals surface area contributed by atoms with Crippen LogP contribution in [0.1, 0.15) is 45.7 Å². The predicted molar refractivity (Wildman–Crippen MR) is 86.2 cm³/mol. The Labute approximate surface area is 122 Å². The normalized spacial score (nSPS) is 12.7. The molecule has 1 rings (SSSR count). The Hall–Kier alpha value is -0.670. The number of rotatable bonds is 9. The number of benzene rings is 1. The number of hydrogen-bond acceptors (Lipinski definition) is 3. The Balaban J connectivity index is 2.62. The first-order valence-corrected chi connectivity index (χ1v) is 8.40. The Morgan fingerprint density at radius 3 is 2.37 bits per heavy atom. The molecule has 0 fully saturated rings. The summed E-state index contributed by atoms with van der Waals surface area (Å²) in [6, 6.07) is 8.94. The van der Waals surface area contributed by atoms with Crippen LogP contribution < -0.4 is 10.1 Å². The van der Waals surface area contributed by atoms with Gasteiger partial charge in [0.05, 0.1) is 6.10 Å². The number of nitrogens with one attached hydrogen (secondary N) is 1. The molecular weight excluding hydrogens is 254 g/mol. The quantitative estimate of drug-likeness (QED) is 0.683. The highest BCUT2D eigenvalue weighted by Gasteiger charge is 2.10. The summed E-state index contributed by atoms with van der Waals surface area (Å²) in [5.41, 5.74) is 1.35. The van der Waals surface area contributed by atoms with E-state index in [9.17, 15) is 0 Å². The molecule has 1 aromatic carbocycles. The zero-order valence-corrected chi connectivity index (χ0v) is 13.4. The van der Waals surface area contributed by atoms with Crippen molar-refractivity contribution in [3.05, 3.63) is 29.8 Å². The first-order chi connectivity index (χ1) is 9.17. The minimum absolute atomic E-state index is 0.232. The molecule has 0 aliphatic carbocycles. The summed E-state index contributed by atoms with van der Waals surface area (Å²) in [5, 5.41) is 3.56. The van der Waals surface area contributed by atoms with Gasteiger partial charge >= 0.3 is 0 Å². The summed E-state index contributed by atoms with van der Waals surface area (Å²) < 4.78 is 5.68. The molecule has 0 radical (unpaired) electrons. The van der Waals surface area contributed by atoms with E-state index < -0.39 is 0 Å². The summed E-state index contributed by atoms with van der Waals surface area (Å²) >= 11 is 2.02. The molecular formula is C16H27NOS. The lowest BCUT2D eigenvalue weighted by Gasteiger charge is -2.18. The summed E-state index contributed by atoms with van der Waals surface area (Å²) in [6.07, 6.45) is 1.47. The van der Waals surface area contributed by atoms with Crippen molar-refractivity contribution in [1.29, 1.82) is 0 Å². The lowest BCUT2D eigenvalue weighted by atomic mass is 10.1. The van der Waals surface area contributed by atoms with Gasteiger partial charge in [0.15, 0.2) is 0 Å². The number of hydrogen-bond donors (Lipinski definition) is 1. The second-order valence-corrected chi connectivity index (χ2v) is 6.07. The van der Waals surface area contributed by atoms with Crippen molar-refractivity contribution in [1.82, 2.24) is 5.32 Å². The standard InChI is InChI=1S/C16H27NOS/c1-5-11-19-12-16(17-6-2)14-7-9-15(10-8-14)18-13(3)4/h7-10,13,16-17H,5-6,11-12H2,1-4H3. The molecule has 0 aliphatic rings. The first-order valence-electron chi connectivity index (χ1n) is 7.25. The van der Waals surface area contributed by atoms with Crippen LogP contribution in [-0.2, 0) is 0 Å². The van der Waals surface area contributed by atoms with E-state index in [-0.39, 0.29) is 6.10 Å². The topological polar surface area (TPSA) is 21.3 Å². The fourth-order valence-electron chi connectivity index (χ4n) is 1.92. The first kappa shape index (κ1) is 16.4. The molecule has 3 heteroatoms. The van der Waals surface area contributed by atoms with Crippen molar-refractivity contribution in [2.24, 2.45) is 0 Å². The zero-order chi connectivity index (χ0) is 14.1. The smallest absolute Gasteiger partial charge is 0.119 e. The maximum Gasteiger partial charge on any atom is 0.119 e. The molecule has 0 aromatic heterocycles. The van der Waals surface area contributed by atoms with E-state index in [0.717, 1.165) is 18.0 Å². The molecule has 19 heavy (non-hydrogen) atoms. The Morgan fingerprint density at radius 2 is 1.84 bits per heavy atom. The molecule has 0 saturated heterocycles. The highest BCUT2D eigenvalue weighted by atomic mass is 32.2. The van der Waals surface area contributed by atoms with Crippen molar-refractivity contribution in [3.63, 3.8) is 0 Å². The van der Waals surface area contributed by atoms with Gasteiger partial charge in [-0.3, -0.25) is 0 Å². The van der Waals surface area contributed by atoms with Gasteiger partial charge in [-0.2, -0.15) is 11.8 Å². The van der Waals surface area contributed by atoms with E-state index in [0.29, 0.717) is 6.04 Å². The van der Waals surface area contributed by atoms with E-state index in [1.165, 1.54) is 17.7 Å². The van der Waals surface area contributed by atoms with Crippen LogP contribution in [0.4, 0.5) is 0 Å². The van der Waals surface area contributed by atoms with E-state index in [2.05, 4.69) is 57.3 Å². The maximum absolute atomic E-state index is 5.68. The second kappa shape index (κ2) is 9.27. The average Bonchev–Trinajstić information content (AvgIpc) is 2.38. The van der Waals surface area contributed by atoms with Crippen LogP contribution in [0.15, 0.2) is 24.3 Å². The maximum atomic E-state index is 5.68.